The molecule has 0 spiro atoms. The van der Waals surface area contributed by atoms with Gasteiger partial charge in [0.05, 0.1) is 11.0 Å². The highest BCUT2D eigenvalue weighted by atomic mass is 79.9. The molecule has 0 N–H and O–H groups in total. The molecular weight excluding hydrogens is 444 g/mol. The number of aromatic nitrogens is 2. The minimum Gasteiger partial charge on any atom is -0.489 e. The molecule has 0 radical (unpaired) electrons. The van der Waals surface area contributed by atoms with Gasteiger partial charge in [-0.2, -0.15) is 4.98 Å². The number of nitrogens with zero attached hydrogens (tertiary/aromatic N) is 4. The van der Waals surface area contributed by atoms with Crippen LogP contribution in [0, 0.1) is 0 Å². The second-order valence-corrected chi connectivity index (χ2v) is 9.24. The molecule has 2 aliphatic heterocycles. The Hall–Kier alpha value is -2.15. The Balaban J connectivity index is 1.38. The third kappa shape index (κ3) is 4.94. The summed E-state index contributed by atoms with van der Waals surface area (Å²) in [6, 6.07) is 8.17. The normalized spacial score (nSPS) is 19.9. The first-order valence-corrected chi connectivity index (χ1v) is 11.6. The van der Waals surface area contributed by atoms with Crippen LogP contribution in [0.4, 0.5) is 11.8 Å². The van der Waals surface area contributed by atoms with Crippen molar-refractivity contribution in [1.29, 1.82) is 0 Å². The highest BCUT2D eigenvalue weighted by molar-refractivity contribution is 9.10. The lowest BCUT2D eigenvalue weighted by atomic mass is 9.96. The summed E-state index contributed by atoms with van der Waals surface area (Å²) in [5.74, 6) is 3.10. The number of anilines is 2. The van der Waals surface area contributed by atoms with E-state index >= 15 is 0 Å². The molecule has 2 aliphatic rings. The molecule has 0 bridgehead atoms. The molecule has 4 rings (SSSR count). The molecule has 1 aromatic heterocycles. The minimum atomic E-state index is 0.127. The predicted octanol–water partition coefficient (Wildman–Crippen LogP) is 4.58. The number of ketones is 1. The fourth-order valence-electron chi connectivity index (χ4n) is 4.27. The van der Waals surface area contributed by atoms with Crippen LogP contribution in [0.5, 0.6) is 5.75 Å². The third-order valence-electron chi connectivity index (χ3n) is 5.89. The number of carbonyl (C=O) groups excluding carboxylic acids is 1. The molecule has 3 heterocycles. The number of hydrogen-bond acceptors (Lipinski definition) is 6. The first kappa shape index (κ1) is 21.1. The van der Waals surface area contributed by atoms with Crippen LogP contribution in [0.2, 0.25) is 0 Å². The van der Waals surface area contributed by atoms with E-state index in [4.69, 9.17) is 9.72 Å². The van der Waals surface area contributed by atoms with E-state index in [1.54, 1.807) is 6.92 Å². The highest BCUT2D eigenvalue weighted by Gasteiger charge is 2.27. The molecule has 160 valence electrons. The van der Waals surface area contributed by atoms with Crippen LogP contribution < -0.4 is 14.5 Å². The number of ether oxygens (including phenoxy) is 1. The summed E-state index contributed by atoms with van der Waals surface area (Å²) in [5, 5.41) is 0. The molecule has 0 unspecified atom stereocenters. The van der Waals surface area contributed by atoms with Crippen molar-refractivity contribution in [3.05, 3.63) is 40.5 Å². The second-order valence-electron chi connectivity index (χ2n) is 8.39. The lowest BCUT2D eigenvalue weighted by Crippen LogP contribution is -2.27. The largest absolute Gasteiger partial charge is 0.489 e. The lowest BCUT2D eigenvalue weighted by Gasteiger charge is -2.22. The van der Waals surface area contributed by atoms with Gasteiger partial charge in [-0.15, -0.1) is 0 Å². The standard InChI is InChI=1S/C23H29BrN4O2/c1-16(13-17(2)29)18-5-7-19(8-6-18)30-20-9-12-28(15-20)22-21(24)14-25-23(26-22)27-10-3-4-11-27/h5-8,14,16,20H,3-4,9-13,15H2,1-2H3/t16-,20-/m1/s1. The van der Waals surface area contributed by atoms with E-state index in [1.807, 2.05) is 18.3 Å². The van der Waals surface area contributed by atoms with Crippen molar-refractivity contribution >= 4 is 33.5 Å². The SMILES string of the molecule is CC(=O)C[C@@H](C)c1ccc(O[C@@H]2CCN(c3nc(N4CCCC4)ncc3Br)C2)cc1. The summed E-state index contributed by atoms with van der Waals surface area (Å²) >= 11 is 3.62. The van der Waals surface area contributed by atoms with Gasteiger partial charge in [-0.25, -0.2) is 4.98 Å². The van der Waals surface area contributed by atoms with E-state index in [2.05, 4.69) is 49.8 Å². The Labute approximate surface area is 186 Å². The molecule has 30 heavy (non-hydrogen) atoms. The van der Waals surface area contributed by atoms with E-state index < -0.39 is 0 Å². The van der Waals surface area contributed by atoms with Crippen LogP contribution in [0.3, 0.4) is 0 Å². The van der Waals surface area contributed by atoms with Crippen molar-refractivity contribution in [2.75, 3.05) is 36.0 Å². The minimum absolute atomic E-state index is 0.127. The van der Waals surface area contributed by atoms with Gasteiger partial charge in [-0.3, -0.25) is 0 Å². The van der Waals surface area contributed by atoms with Crippen molar-refractivity contribution in [1.82, 2.24) is 9.97 Å². The Kier molecular flexibility index (Phi) is 6.56. The zero-order valence-electron chi connectivity index (χ0n) is 17.7. The average Bonchev–Trinajstić information content (AvgIpc) is 3.41. The van der Waals surface area contributed by atoms with E-state index in [0.29, 0.717) is 6.42 Å². The van der Waals surface area contributed by atoms with Crippen LogP contribution in [0.15, 0.2) is 34.9 Å². The molecule has 1 aromatic carbocycles. The van der Waals surface area contributed by atoms with Gasteiger partial charge in [-0.1, -0.05) is 19.1 Å². The van der Waals surface area contributed by atoms with E-state index in [9.17, 15) is 4.79 Å². The quantitative estimate of drug-likeness (QED) is 0.587. The summed E-state index contributed by atoms with van der Waals surface area (Å²) in [6.45, 7) is 7.51. The van der Waals surface area contributed by atoms with Crippen LogP contribution in [-0.2, 0) is 4.79 Å². The van der Waals surface area contributed by atoms with Gasteiger partial charge in [0.1, 0.15) is 23.5 Å². The Morgan fingerprint density at radius 3 is 2.63 bits per heavy atom. The number of carbonyl (C=O) groups is 1. The van der Waals surface area contributed by atoms with Gasteiger partial charge in [0.25, 0.3) is 0 Å². The fraction of sp³-hybridized carbons (Fsp3) is 0.522. The summed E-state index contributed by atoms with van der Waals surface area (Å²) in [6.07, 6.45) is 5.94. The lowest BCUT2D eigenvalue weighted by molar-refractivity contribution is -0.117. The molecule has 7 heteroatoms. The van der Waals surface area contributed by atoms with Gasteiger partial charge in [-0.05, 0) is 59.3 Å². The first-order valence-electron chi connectivity index (χ1n) is 10.8. The number of rotatable bonds is 7. The molecule has 2 fully saturated rings. The van der Waals surface area contributed by atoms with Crippen LogP contribution in [-0.4, -0.2) is 48.0 Å². The molecule has 2 saturated heterocycles. The topological polar surface area (TPSA) is 58.6 Å². The van der Waals surface area contributed by atoms with Gasteiger partial charge in [0, 0.05) is 38.7 Å². The second kappa shape index (κ2) is 9.33. The average molecular weight is 473 g/mol. The van der Waals surface area contributed by atoms with Crippen LogP contribution in [0.1, 0.15) is 51.0 Å². The van der Waals surface area contributed by atoms with Gasteiger partial charge < -0.3 is 19.3 Å². The van der Waals surface area contributed by atoms with Crippen molar-refractivity contribution < 1.29 is 9.53 Å². The summed E-state index contributed by atoms with van der Waals surface area (Å²) in [4.78, 5) is 25.2. The molecule has 2 atom stereocenters. The maximum Gasteiger partial charge on any atom is 0.227 e. The third-order valence-corrected chi connectivity index (χ3v) is 6.45. The van der Waals surface area contributed by atoms with E-state index in [1.165, 1.54) is 18.4 Å². The summed E-state index contributed by atoms with van der Waals surface area (Å²) in [5.41, 5.74) is 1.17. The van der Waals surface area contributed by atoms with Gasteiger partial charge in [0.15, 0.2) is 0 Å². The van der Waals surface area contributed by atoms with Crippen LogP contribution in [0.25, 0.3) is 0 Å². The summed E-state index contributed by atoms with van der Waals surface area (Å²) in [7, 11) is 0. The highest BCUT2D eigenvalue weighted by Crippen LogP contribution is 2.30. The van der Waals surface area contributed by atoms with E-state index in [0.717, 1.165) is 54.6 Å². The molecule has 0 saturated carbocycles. The van der Waals surface area contributed by atoms with Crippen molar-refractivity contribution in [2.45, 2.75) is 51.6 Å². The number of Topliss-reactive ketones (excluding diaryl/α,β-unsaturated/α-hetero) is 1. The first-order chi connectivity index (χ1) is 14.5. The van der Waals surface area contributed by atoms with Gasteiger partial charge >= 0.3 is 0 Å². The van der Waals surface area contributed by atoms with Crippen LogP contribution >= 0.6 is 15.9 Å². The zero-order valence-corrected chi connectivity index (χ0v) is 19.3. The Morgan fingerprint density at radius 2 is 1.93 bits per heavy atom. The number of halogens is 1. The maximum absolute atomic E-state index is 11.3. The monoisotopic (exact) mass is 472 g/mol. The molecule has 0 amide bonds. The molecule has 6 nitrogen and oxygen atoms in total. The fourth-order valence-corrected chi connectivity index (χ4v) is 4.72. The van der Waals surface area contributed by atoms with E-state index in [-0.39, 0.29) is 17.8 Å². The zero-order chi connectivity index (χ0) is 21.1. The number of benzene rings is 1. The molecular formula is C23H29BrN4O2. The molecule has 2 aromatic rings. The maximum atomic E-state index is 11.3. The van der Waals surface area contributed by atoms with Crippen molar-refractivity contribution in [2.24, 2.45) is 0 Å². The summed E-state index contributed by atoms with van der Waals surface area (Å²) < 4.78 is 7.16. The number of hydrogen-bond donors (Lipinski definition) is 0. The van der Waals surface area contributed by atoms with Gasteiger partial charge in [0.2, 0.25) is 5.95 Å². The van der Waals surface area contributed by atoms with Crippen molar-refractivity contribution in [3.63, 3.8) is 0 Å². The predicted molar refractivity (Wildman–Crippen MR) is 123 cm³/mol. The Morgan fingerprint density at radius 1 is 1.20 bits per heavy atom. The Bertz CT molecular complexity index is 883. The molecule has 0 aliphatic carbocycles. The smallest absolute Gasteiger partial charge is 0.227 e. The van der Waals surface area contributed by atoms with Crippen molar-refractivity contribution in [3.8, 4) is 5.75 Å².